The van der Waals surface area contributed by atoms with Crippen LogP contribution < -0.4 is 5.32 Å². The number of hydrogen-bond acceptors (Lipinski definition) is 4. The molecule has 0 fully saturated rings. The molecule has 0 bridgehead atoms. The maximum Gasteiger partial charge on any atom is 0.244 e. The summed E-state index contributed by atoms with van der Waals surface area (Å²) in [7, 11) is 0. The highest BCUT2D eigenvalue weighted by atomic mass is 16.3. The Kier molecular flexibility index (Phi) is 4.93. The Morgan fingerprint density at radius 1 is 1.29 bits per heavy atom. The van der Waals surface area contributed by atoms with Crippen molar-refractivity contribution in [2.75, 3.05) is 6.54 Å². The molecule has 0 spiro atoms. The fourth-order valence-electron chi connectivity index (χ4n) is 1.79. The molecule has 0 atom stereocenters. The SMILES string of the molecule is O=C(/C=C/c1cccnc1)NCCc1ccc(O)cc1O. The van der Waals surface area contributed by atoms with Crippen LogP contribution in [-0.2, 0) is 11.2 Å². The zero-order valence-corrected chi connectivity index (χ0v) is 11.4. The summed E-state index contributed by atoms with van der Waals surface area (Å²) in [5.74, 6) is -0.174. The standard InChI is InChI=1S/C16H16N2O3/c19-14-5-4-13(15(20)10-14)7-9-18-16(21)6-3-12-2-1-8-17-11-12/h1-6,8,10-11,19-20H,7,9H2,(H,18,21)/b6-3+. The van der Waals surface area contributed by atoms with E-state index in [0.29, 0.717) is 18.5 Å². The Bertz CT molecular complexity index is 639. The molecule has 3 N–H and O–H groups in total. The molecular formula is C16H16N2O3. The van der Waals surface area contributed by atoms with E-state index < -0.39 is 0 Å². The molecular weight excluding hydrogens is 268 g/mol. The van der Waals surface area contributed by atoms with E-state index in [1.807, 2.05) is 6.07 Å². The van der Waals surface area contributed by atoms with Crippen LogP contribution in [0.1, 0.15) is 11.1 Å². The van der Waals surface area contributed by atoms with Gasteiger partial charge in [-0.2, -0.15) is 0 Å². The van der Waals surface area contributed by atoms with E-state index in [-0.39, 0.29) is 17.4 Å². The van der Waals surface area contributed by atoms with Crippen molar-refractivity contribution in [3.63, 3.8) is 0 Å². The second-order valence-electron chi connectivity index (χ2n) is 4.47. The summed E-state index contributed by atoms with van der Waals surface area (Å²) in [5.41, 5.74) is 1.52. The molecule has 0 aliphatic rings. The van der Waals surface area contributed by atoms with Crippen LogP contribution >= 0.6 is 0 Å². The fourth-order valence-corrected chi connectivity index (χ4v) is 1.79. The van der Waals surface area contributed by atoms with E-state index in [1.54, 1.807) is 30.6 Å². The topological polar surface area (TPSA) is 82.5 Å². The first-order valence-electron chi connectivity index (χ1n) is 6.52. The van der Waals surface area contributed by atoms with Gasteiger partial charge in [0.15, 0.2) is 0 Å². The maximum absolute atomic E-state index is 11.6. The van der Waals surface area contributed by atoms with E-state index >= 15 is 0 Å². The van der Waals surface area contributed by atoms with Gasteiger partial charge in [-0.25, -0.2) is 0 Å². The average Bonchev–Trinajstić information content (AvgIpc) is 2.48. The zero-order chi connectivity index (χ0) is 15.1. The van der Waals surface area contributed by atoms with E-state index in [9.17, 15) is 15.0 Å². The van der Waals surface area contributed by atoms with Crippen molar-refractivity contribution in [1.29, 1.82) is 0 Å². The van der Waals surface area contributed by atoms with Crippen LogP contribution in [0.3, 0.4) is 0 Å². The lowest BCUT2D eigenvalue weighted by Crippen LogP contribution is -2.23. The van der Waals surface area contributed by atoms with Crippen LogP contribution in [0.4, 0.5) is 0 Å². The van der Waals surface area contributed by atoms with Crippen LogP contribution in [0.5, 0.6) is 11.5 Å². The van der Waals surface area contributed by atoms with Gasteiger partial charge in [0, 0.05) is 31.1 Å². The lowest BCUT2D eigenvalue weighted by atomic mass is 10.1. The van der Waals surface area contributed by atoms with Crippen molar-refractivity contribution in [2.45, 2.75) is 6.42 Å². The number of amides is 1. The van der Waals surface area contributed by atoms with E-state index in [4.69, 9.17) is 0 Å². The summed E-state index contributed by atoms with van der Waals surface area (Å²) in [4.78, 5) is 15.6. The number of hydrogen-bond donors (Lipinski definition) is 3. The quantitative estimate of drug-likeness (QED) is 0.732. The summed E-state index contributed by atoms with van der Waals surface area (Å²) in [6.45, 7) is 0.397. The van der Waals surface area contributed by atoms with Crippen LogP contribution in [0.15, 0.2) is 48.8 Å². The molecule has 1 heterocycles. The second-order valence-corrected chi connectivity index (χ2v) is 4.47. The Balaban J connectivity index is 1.80. The molecule has 0 aliphatic carbocycles. The molecule has 1 amide bonds. The predicted octanol–water partition coefficient (Wildman–Crippen LogP) is 1.86. The molecule has 0 saturated carbocycles. The highest BCUT2D eigenvalue weighted by molar-refractivity contribution is 5.91. The first-order valence-corrected chi connectivity index (χ1v) is 6.52. The molecule has 0 radical (unpaired) electrons. The van der Waals surface area contributed by atoms with Gasteiger partial charge < -0.3 is 15.5 Å². The van der Waals surface area contributed by atoms with E-state index in [2.05, 4.69) is 10.3 Å². The Hall–Kier alpha value is -2.82. The molecule has 0 aliphatic heterocycles. The molecule has 5 heteroatoms. The molecule has 5 nitrogen and oxygen atoms in total. The van der Waals surface area contributed by atoms with Gasteiger partial charge in [0.2, 0.25) is 5.91 Å². The highest BCUT2D eigenvalue weighted by Crippen LogP contribution is 2.22. The monoisotopic (exact) mass is 284 g/mol. The van der Waals surface area contributed by atoms with Crippen molar-refractivity contribution in [3.8, 4) is 11.5 Å². The molecule has 2 rings (SSSR count). The highest BCUT2D eigenvalue weighted by Gasteiger charge is 2.02. The minimum Gasteiger partial charge on any atom is -0.508 e. The summed E-state index contributed by atoms with van der Waals surface area (Å²) in [6.07, 6.45) is 6.94. The van der Waals surface area contributed by atoms with Gasteiger partial charge in [0.25, 0.3) is 0 Å². The normalized spacial score (nSPS) is 10.7. The van der Waals surface area contributed by atoms with Crippen molar-refractivity contribution in [3.05, 3.63) is 59.9 Å². The first kappa shape index (κ1) is 14.6. The average molecular weight is 284 g/mol. The molecule has 0 saturated heterocycles. The van der Waals surface area contributed by atoms with Crippen molar-refractivity contribution < 1.29 is 15.0 Å². The van der Waals surface area contributed by atoms with Crippen LogP contribution in [0.2, 0.25) is 0 Å². The number of aromatic hydroxyl groups is 2. The number of carbonyl (C=O) groups excluding carboxylic acids is 1. The van der Waals surface area contributed by atoms with Gasteiger partial charge >= 0.3 is 0 Å². The molecule has 0 unspecified atom stereocenters. The minimum absolute atomic E-state index is 0.0136. The second kappa shape index (κ2) is 7.09. The zero-order valence-electron chi connectivity index (χ0n) is 11.4. The third kappa shape index (κ3) is 4.65. The smallest absolute Gasteiger partial charge is 0.244 e. The third-order valence-electron chi connectivity index (χ3n) is 2.87. The maximum atomic E-state index is 11.6. The number of nitrogens with zero attached hydrogens (tertiary/aromatic N) is 1. The van der Waals surface area contributed by atoms with Crippen LogP contribution in [-0.4, -0.2) is 27.6 Å². The summed E-state index contributed by atoms with van der Waals surface area (Å²) in [6, 6.07) is 8.05. The van der Waals surface area contributed by atoms with Gasteiger partial charge in [-0.15, -0.1) is 0 Å². The van der Waals surface area contributed by atoms with Gasteiger partial charge in [-0.3, -0.25) is 9.78 Å². The van der Waals surface area contributed by atoms with Crippen LogP contribution in [0, 0.1) is 0 Å². The molecule has 108 valence electrons. The molecule has 21 heavy (non-hydrogen) atoms. The van der Waals surface area contributed by atoms with Crippen molar-refractivity contribution in [1.82, 2.24) is 10.3 Å². The summed E-state index contributed by atoms with van der Waals surface area (Å²) < 4.78 is 0. The largest absolute Gasteiger partial charge is 0.508 e. The fraction of sp³-hybridized carbons (Fsp3) is 0.125. The lowest BCUT2D eigenvalue weighted by Gasteiger charge is -2.05. The van der Waals surface area contributed by atoms with Gasteiger partial charge in [-0.05, 0) is 35.8 Å². The van der Waals surface area contributed by atoms with Crippen molar-refractivity contribution >= 4 is 12.0 Å². The first-order chi connectivity index (χ1) is 10.1. The Labute approximate surface area is 122 Å². The van der Waals surface area contributed by atoms with Crippen LogP contribution in [0.25, 0.3) is 6.08 Å². The Morgan fingerprint density at radius 3 is 2.86 bits per heavy atom. The van der Waals surface area contributed by atoms with Crippen molar-refractivity contribution in [2.24, 2.45) is 0 Å². The van der Waals surface area contributed by atoms with Gasteiger partial charge in [0.1, 0.15) is 11.5 Å². The summed E-state index contributed by atoms with van der Waals surface area (Å²) >= 11 is 0. The lowest BCUT2D eigenvalue weighted by molar-refractivity contribution is -0.116. The number of phenols is 2. The Morgan fingerprint density at radius 2 is 2.14 bits per heavy atom. The number of phenolic OH excluding ortho intramolecular Hbond substituents is 2. The summed E-state index contributed by atoms with van der Waals surface area (Å²) in [5, 5.41) is 21.5. The molecule has 1 aromatic carbocycles. The van der Waals surface area contributed by atoms with Gasteiger partial charge in [0.05, 0.1) is 0 Å². The number of carbonyl (C=O) groups is 1. The number of nitrogens with one attached hydrogen (secondary N) is 1. The van der Waals surface area contributed by atoms with E-state index in [0.717, 1.165) is 5.56 Å². The third-order valence-corrected chi connectivity index (χ3v) is 2.87. The predicted molar refractivity (Wildman–Crippen MR) is 79.8 cm³/mol. The molecule has 2 aromatic rings. The number of pyridine rings is 1. The van der Waals surface area contributed by atoms with Gasteiger partial charge in [-0.1, -0.05) is 12.1 Å². The number of benzene rings is 1. The number of aromatic nitrogens is 1. The number of rotatable bonds is 5. The minimum atomic E-state index is -0.211. The molecule has 1 aromatic heterocycles. The van der Waals surface area contributed by atoms with E-state index in [1.165, 1.54) is 18.2 Å².